The Hall–Kier alpha value is -4.64. The van der Waals surface area contributed by atoms with Gasteiger partial charge in [0.2, 0.25) is 0 Å². The first-order chi connectivity index (χ1) is 21.3. The largest absolute Gasteiger partial charge is 0.489 e. The normalized spacial score (nSPS) is 11.1. The SMILES string of the molecule is Cc1cc2ccc(C=O)c(-c3c(C=O)ccc4cc(C)c(OCc5cccc(Cl)c5)cc34)c2cc1OCc1cccc(Cl)c1. The fourth-order valence-electron chi connectivity index (χ4n) is 5.61. The Kier molecular flexibility index (Phi) is 8.38. The maximum Gasteiger partial charge on any atom is 0.150 e. The van der Waals surface area contributed by atoms with E-state index in [0.717, 1.165) is 56.4 Å². The molecule has 0 spiro atoms. The molecule has 4 nitrogen and oxygen atoms in total. The second-order valence-electron chi connectivity index (χ2n) is 10.8. The van der Waals surface area contributed by atoms with Gasteiger partial charge in [0.15, 0.2) is 12.6 Å². The topological polar surface area (TPSA) is 52.6 Å². The maximum atomic E-state index is 12.5. The molecule has 0 unspecified atom stereocenters. The summed E-state index contributed by atoms with van der Waals surface area (Å²) in [6.45, 7) is 4.63. The summed E-state index contributed by atoms with van der Waals surface area (Å²) < 4.78 is 12.5. The van der Waals surface area contributed by atoms with E-state index in [0.29, 0.717) is 57.0 Å². The van der Waals surface area contributed by atoms with Crippen molar-refractivity contribution in [3.63, 3.8) is 0 Å². The highest BCUT2D eigenvalue weighted by Gasteiger charge is 2.19. The molecule has 0 aliphatic rings. The van der Waals surface area contributed by atoms with E-state index in [4.69, 9.17) is 32.7 Å². The number of carbonyl (C=O) groups is 2. The summed E-state index contributed by atoms with van der Waals surface area (Å²) in [5, 5.41) is 4.75. The molecule has 0 amide bonds. The minimum atomic E-state index is 0.329. The molecule has 0 heterocycles. The minimum absolute atomic E-state index is 0.329. The fraction of sp³-hybridized carbons (Fsp3) is 0.105. The van der Waals surface area contributed by atoms with E-state index >= 15 is 0 Å². The molecule has 0 aliphatic carbocycles. The maximum absolute atomic E-state index is 12.5. The quantitative estimate of drug-likeness (QED) is 0.151. The third-order valence-corrected chi connectivity index (χ3v) is 8.24. The number of benzene rings is 6. The van der Waals surface area contributed by atoms with Crippen molar-refractivity contribution in [3.05, 3.63) is 140 Å². The van der Waals surface area contributed by atoms with Gasteiger partial charge in [-0.2, -0.15) is 0 Å². The van der Waals surface area contributed by atoms with Gasteiger partial charge < -0.3 is 9.47 Å². The Bertz CT molecular complexity index is 1920. The Morgan fingerprint density at radius 2 is 1.00 bits per heavy atom. The summed E-state index contributed by atoms with van der Waals surface area (Å²) in [6.07, 6.45) is 1.67. The average molecular weight is 620 g/mol. The molecule has 218 valence electrons. The van der Waals surface area contributed by atoms with E-state index in [1.54, 1.807) is 12.1 Å². The van der Waals surface area contributed by atoms with Gasteiger partial charge in [-0.25, -0.2) is 0 Å². The lowest BCUT2D eigenvalue weighted by Gasteiger charge is -2.19. The molecular formula is C38H28Cl2O4. The lowest BCUT2D eigenvalue weighted by molar-refractivity contribution is 0.111. The standard InChI is InChI=1S/C38H28Cl2O4/c1-23-13-27-9-11-29(19-41)37(33(27)17-35(23)43-21-25-5-3-7-31(39)15-25)38-30(20-42)12-10-28-14-24(2)36(18-34(28)38)44-22-26-6-4-8-32(40)16-26/h3-20H,21-22H2,1-2H3. The van der Waals surface area contributed by atoms with Crippen molar-refractivity contribution >= 4 is 57.3 Å². The summed E-state index contributed by atoms with van der Waals surface area (Å²) in [7, 11) is 0. The predicted molar refractivity (Wildman–Crippen MR) is 179 cm³/mol. The first kappa shape index (κ1) is 29.4. The smallest absolute Gasteiger partial charge is 0.150 e. The van der Waals surface area contributed by atoms with Gasteiger partial charge in [0.25, 0.3) is 0 Å². The van der Waals surface area contributed by atoms with E-state index in [1.807, 2.05) is 98.8 Å². The highest BCUT2D eigenvalue weighted by Crippen LogP contribution is 2.42. The van der Waals surface area contributed by atoms with Gasteiger partial charge >= 0.3 is 0 Å². The van der Waals surface area contributed by atoms with Gasteiger partial charge in [0, 0.05) is 32.3 Å². The molecule has 6 rings (SSSR count). The van der Waals surface area contributed by atoms with Crippen LogP contribution in [0.25, 0.3) is 32.7 Å². The molecular weight excluding hydrogens is 591 g/mol. The van der Waals surface area contributed by atoms with Crippen LogP contribution in [-0.2, 0) is 13.2 Å². The van der Waals surface area contributed by atoms with Gasteiger partial charge in [-0.3, -0.25) is 9.59 Å². The van der Waals surface area contributed by atoms with E-state index in [9.17, 15) is 9.59 Å². The van der Waals surface area contributed by atoms with Crippen molar-refractivity contribution in [2.45, 2.75) is 27.1 Å². The second-order valence-corrected chi connectivity index (χ2v) is 11.7. The number of halogens is 2. The van der Waals surface area contributed by atoms with Crippen molar-refractivity contribution < 1.29 is 19.1 Å². The zero-order valence-corrected chi connectivity index (χ0v) is 25.7. The molecule has 6 aromatic carbocycles. The van der Waals surface area contributed by atoms with Crippen molar-refractivity contribution in [1.29, 1.82) is 0 Å². The third-order valence-electron chi connectivity index (χ3n) is 7.77. The van der Waals surface area contributed by atoms with Crippen LogP contribution in [0.1, 0.15) is 43.0 Å². The summed E-state index contributed by atoms with van der Waals surface area (Å²) in [5.74, 6) is 1.35. The molecule has 0 saturated heterocycles. The van der Waals surface area contributed by atoms with Crippen molar-refractivity contribution in [2.24, 2.45) is 0 Å². The average Bonchev–Trinajstić information content (AvgIpc) is 3.02. The van der Waals surface area contributed by atoms with Crippen LogP contribution in [0.4, 0.5) is 0 Å². The van der Waals surface area contributed by atoms with E-state index in [1.165, 1.54) is 0 Å². The predicted octanol–water partition coefficient (Wildman–Crippen LogP) is 10.4. The summed E-state index contributed by atoms with van der Waals surface area (Å²) in [6, 6.07) is 30.5. The van der Waals surface area contributed by atoms with E-state index in [2.05, 4.69) is 0 Å². The minimum Gasteiger partial charge on any atom is -0.489 e. The van der Waals surface area contributed by atoms with Crippen LogP contribution in [0.2, 0.25) is 10.0 Å². The van der Waals surface area contributed by atoms with Crippen LogP contribution < -0.4 is 9.47 Å². The highest BCUT2D eigenvalue weighted by molar-refractivity contribution is 6.30. The van der Waals surface area contributed by atoms with E-state index in [-0.39, 0.29) is 0 Å². The first-order valence-corrected chi connectivity index (χ1v) is 14.9. The third kappa shape index (κ3) is 5.92. The molecule has 0 bridgehead atoms. The highest BCUT2D eigenvalue weighted by atomic mass is 35.5. The number of aldehydes is 2. The number of fused-ring (bicyclic) bond motifs is 2. The lowest BCUT2D eigenvalue weighted by Crippen LogP contribution is -2.00. The van der Waals surface area contributed by atoms with Crippen LogP contribution in [-0.4, -0.2) is 12.6 Å². The van der Waals surface area contributed by atoms with Gasteiger partial charge in [-0.05, 0) is 106 Å². The van der Waals surface area contributed by atoms with Crippen molar-refractivity contribution in [1.82, 2.24) is 0 Å². The first-order valence-electron chi connectivity index (χ1n) is 14.1. The fourth-order valence-corrected chi connectivity index (χ4v) is 6.03. The number of carbonyl (C=O) groups excluding carboxylic acids is 2. The zero-order valence-electron chi connectivity index (χ0n) is 24.2. The molecule has 0 fully saturated rings. The summed E-state index contributed by atoms with van der Waals surface area (Å²) in [4.78, 5) is 25.0. The Balaban J connectivity index is 1.51. The van der Waals surface area contributed by atoms with Gasteiger partial charge in [-0.1, -0.05) is 71.7 Å². The van der Waals surface area contributed by atoms with Gasteiger partial charge in [0.05, 0.1) is 0 Å². The lowest BCUT2D eigenvalue weighted by atomic mass is 9.86. The number of ether oxygens (including phenoxy) is 2. The molecule has 0 aliphatic heterocycles. The summed E-state index contributed by atoms with van der Waals surface area (Å²) in [5.41, 5.74) is 6.06. The van der Waals surface area contributed by atoms with Crippen LogP contribution in [0.3, 0.4) is 0 Å². The van der Waals surface area contributed by atoms with Gasteiger partial charge in [0.1, 0.15) is 24.7 Å². The van der Waals surface area contributed by atoms with Crippen LogP contribution in [0.15, 0.2) is 97.1 Å². The number of hydrogen-bond acceptors (Lipinski definition) is 4. The van der Waals surface area contributed by atoms with Gasteiger partial charge in [-0.15, -0.1) is 0 Å². The zero-order chi connectivity index (χ0) is 30.8. The molecule has 44 heavy (non-hydrogen) atoms. The Morgan fingerprint density at radius 3 is 1.39 bits per heavy atom. The molecule has 6 heteroatoms. The Labute approximate surface area is 265 Å². The Morgan fingerprint density at radius 1 is 0.568 bits per heavy atom. The molecule has 0 saturated carbocycles. The van der Waals surface area contributed by atoms with Crippen LogP contribution >= 0.6 is 23.2 Å². The van der Waals surface area contributed by atoms with E-state index < -0.39 is 0 Å². The number of hydrogen-bond donors (Lipinski definition) is 0. The van der Waals surface area contributed by atoms with Crippen molar-refractivity contribution in [3.8, 4) is 22.6 Å². The molecule has 0 radical (unpaired) electrons. The molecule has 0 atom stereocenters. The molecule has 0 aromatic heterocycles. The van der Waals surface area contributed by atoms with Crippen LogP contribution in [0, 0.1) is 13.8 Å². The number of aryl methyl sites for hydroxylation is 2. The molecule has 6 aromatic rings. The number of rotatable bonds is 9. The van der Waals surface area contributed by atoms with Crippen LogP contribution in [0.5, 0.6) is 11.5 Å². The monoisotopic (exact) mass is 618 g/mol. The molecule has 0 N–H and O–H groups in total. The second kappa shape index (κ2) is 12.5. The summed E-state index contributed by atoms with van der Waals surface area (Å²) >= 11 is 12.4. The van der Waals surface area contributed by atoms with Crippen molar-refractivity contribution in [2.75, 3.05) is 0 Å².